The van der Waals surface area contributed by atoms with Crippen molar-refractivity contribution >= 4 is 33.0 Å². The highest BCUT2D eigenvalue weighted by molar-refractivity contribution is 7.92. The van der Waals surface area contributed by atoms with E-state index in [1.165, 1.54) is 19.3 Å². The summed E-state index contributed by atoms with van der Waals surface area (Å²) in [5, 5.41) is 2.83. The van der Waals surface area contributed by atoms with Crippen molar-refractivity contribution in [2.24, 2.45) is 0 Å². The van der Waals surface area contributed by atoms with E-state index in [4.69, 9.17) is 0 Å². The fourth-order valence-electron chi connectivity index (χ4n) is 3.54. The van der Waals surface area contributed by atoms with Gasteiger partial charge in [0, 0.05) is 24.5 Å². The first-order chi connectivity index (χ1) is 13.4. The van der Waals surface area contributed by atoms with Gasteiger partial charge < -0.3 is 10.2 Å². The van der Waals surface area contributed by atoms with E-state index in [0.29, 0.717) is 11.4 Å². The third-order valence-electron chi connectivity index (χ3n) is 4.96. The highest BCUT2D eigenvalue weighted by Gasteiger charge is 2.29. The van der Waals surface area contributed by atoms with Gasteiger partial charge in [-0.3, -0.25) is 9.10 Å². The number of anilines is 3. The first-order valence-electron chi connectivity index (χ1n) is 9.56. The second-order valence-electron chi connectivity index (χ2n) is 7.15. The molecule has 2 aromatic carbocycles. The van der Waals surface area contributed by atoms with E-state index in [9.17, 15) is 13.2 Å². The Kier molecular flexibility index (Phi) is 6.24. The van der Waals surface area contributed by atoms with Gasteiger partial charge in [0.1, 0.15) is 6.04 Å². The molecule has 1 N–H and O–H groups in total. The number of hydrogen-bond donors (Lipinski definition) is 1. The Bertz CT molecular complexity index is 892. The molecule has 0 aliphatic carbocycles. The zero-order valence-corrected chi connectivity index (χ0v) is 17.2. The third kappa shape index (κ3) is 4.84. The summed E-state index contributed by atoms with van der Waals surface area (Å²) in [4.78, 5) is 15.1. The molecule has 3 rings (SSSR count). The molecule has 2 aromatic rings. The number of rotatable bonds is 6. The van der Waals surface area contributed by atoms with Crippen LogP contribution in [0, 0.1) is 0 Å². The average molecular weight is 402 g/mol. The molecule has 0 bridgehead atoms. The Morgan fingerprint density at radius 3 is 2.18 bits per heavy atom. The number of carbonyl (C=O) groups is 1. The smallest absolute Gasteiger partial charge is 0.247 e. The SMILES string of the molecule is CC(C(=O)Nc1ccc(N2CCCCC2)cc1)N(c1ccccc1)S(C)(=O)=O. The van der Waals surface area contributed by atoms with E-state index in [0.717, 1.165) is 29.3 Å². The topological polar surface area (TPSA) is 69.7 Å². The molecule has 0 spiro atoms. The summed E-state index contributed by atoms with van der Waals surface area (Å²) >= 11 is 0. The Balaban J connectivity index is 1.72. The highest BCUT2D eigenvalue weighted by atomic mass is 32.2. The van der Waals surface area contributed by atoms with Crippen molar-refractivity contribution < 1.29 is 13.2 Å². The van der Waals surface area contributed by atoms with Gasteiger partial charge in [0.25, 0.3) is 0 Å². The summed E-state index contributed by atoms with van der Waals surface area (Å²) in [6.45, 7) is 3.71. The number of para-hydroxylation sites is 1. The second kappa shape index (κ2) is 8.65. The first kappa shape index (κ1) is 20.2. The number of benzene rings is 2. The summed E-state index contributed by atoms with van der Waals surface area (Å²) in [6, 6.07) is 15.5. The van der Waals surface area contributed by atoms with Crippen LogP contribution in [-0.2, 0) is 14.8 Å². The van der Waals surface area contributed by atoms with Crippen LogP contribution in [0.3, 0.4) is 0 Å². The van der Waals surface area contributed by atoms with Crippen LogP contribution in [0.5, 0.6) is 0 Å². The van der Waals surface area contributed by atoms with Crippen LogP contribution in [0.15, 0.2) is 54.6 Å². The molecule has 1 fully saturated rings. The Morgan fingerprint density at radius 2 is 1.61 bits per heavy atom. The molecule has 1 amide bonds. The van der Waals surface area contributed by atoms with Crippen molar-refractivity contribution in [3.63, 3.8) is 0 Å². The predicted molar refractivity (Wildman–Crippen MR) is 114 cm³/mol. The summed E-state index contributed by atoms with van der Waals surface area (Å²) in [6.07, 6.45) is 4.80. The first-order valence-corrected chi connectivity index (χ1v) is 11.4. The van der Waals surface area contributed by atoms with E-state index < -0.39 is 16.1 Å². The van der Waals surface area contributed by atoms with E-state index in [2.05, 4.69) is 10.2 Å². The van der Waals surface area contributed by atoms with E-state index in [1.807, 2.05) is 24.3 Å². The van der Waals surface area contributed by atoms with Gasteiger partial charge >= 0.3 is 0 Å². The standard InChI is InChI=1S/C21H27N3O3S/c1-17(24(28(2,26)27)20-9-5-3-6-10-20)21(25)22-18-11-13-19(14-12-18)23-15-7-4-8-16-23/h3,5-6,9-14,17H,4,7-8,15-16H2,1-2H3,(H,22,25). The fourth-order valence-corrected chi connectivity index (χ4v) is 4.71. The van der Waals surface area contributed by atoms with Gasteiger partial charge in [-0.2, -0.15) is 0 Å². The molecule has 1 atom stereocenters. The van der Waals surface area contributed by atoms with E-state index in [1.54, 1.807) is 37.3 Å². The molecule has 7 heteroatoms. The molecule has 1 heterocycles. The summed E-state index contributed by atoms with van der Waals surface area (Å²) in [7, 11) is -3.61. The van der Waals surface area contributed by atoms with Crippen molar-refractivity contribution in [2.45, 2.75) is 32.2 Å². The average Bonchev–Trinajstić information content (AvgIpc) is 2.69. The number of hydrogen-bond acceptors (Lipinski definition) is 4. The Morgan fingerprint density at radius 1 is 1.00 bits per heavy atom. The zero-order chi connectivity index (χ0) is 20.1. The molecule has 0 aromatic heterocycles. The number of nitrogens with zero attached hydrogens (tertiary/aromatic N) is 2. The van der Waals surface area contributed by atoms with Gasteiger partial charge in [0.05, 0.1) is 11.9 Å². The maximum absolute atomic E-state index is 12.7. The molecule has 1 saturated heterocycles. The lowest BCUT2D eigenvalue weighted by molar-refractivity contribution is -0.116. The van der Waals surface area contributed by atoms with Crippen LogP contribution in [0.25, 0.3) is 0 Å². The van der Waals surface area contributed by atoms with Gasteiger partial charge in [-0.25, -0.2) is 8.42 Å². The molecule has 1 aliphatic rings. The number of amides is 1. The molecule has 6 nitrogen and oxygen atoms in total. The lowest BCUT2D eigenvalue weighted by Crippen LogP contribution is -2.45. The molecule has 0 saturated carbocycles. The van der Waals surface area contributed by atoms with Gasteiger partial charge in [0.2, 0.25) is 15.9 Å². The predicted octanol–water partition coefficient (Wildman–Crippen LogP) is 3.47. The maximum atomic E-state index is 12.7. The fraction of sp³-hybridized carbons (Fsp3) is 0.381. The minimum Gasteiger partial charge on any atom is -0.372 e. The second-order valence-corrected chi connectivity index (χ2v) is 9.01. The molecule has 150 valence electrons. The van der Waals surface area contributed by atoms with Crippen LogP contribution in [0.1, 0.15) is 26.2 Å². The van der Waals surface area contributed by atoms with Crippen molar-refractivity contribution in [2.75, 3.05) is 33.9 Å². The summed E-state index contributed by atoms with van der Waals surface area (Å²) in [5.74, 6) is -0.375. The molecule has 28 heavy (non-hydrogen) atoms. The lowest BCUT2D eigenvalue weighted by atomic mass is 10.1. The van der Waals surface area contributed by atoms with Crippen molar-refractivity contribution in [1.29, 1.82) is 0 Å². The van der Waals surface area contributed by atoms with Gasteiger partial charge in [0.15, 0.2) is 0 Å². The molecular formula is C21H27N3O3S. The van der Waals surface area contributed by atoms with Gasteiger partial charge in [-0.05, 0) is 62.6 Å². The number of nitrogens with one attached hydrogen (secondary N) is 1. The van der Waals surface area contributed by atoms with Crippen LogP contribution >= 0.6 is 0 Å². The molecular weight excluding hydrogens is 374 g/mol. The van der Waals surface area contributed by atoms with Gasteiger partial charge in [-0.1, -0.05) is 18.2 Å². The van der Waals surface area contributed by atoms with Crippen LogP contribution < -0.4 is 14.5 Å². The summed E-state index contributed by atoms with van der Waals surface area (Å²) < 4.78 is 25.7. The molecule has 0 radical (unpaired) electrons. The minimum atomic E-state index is -3.61. The quantitative estimate of drug-likeness (QED) is 0.805. The summed E-state index contributed by atoms with van der Waals surface area (Å²) in [5.41, 5.74) is 2.26. The van der Waals surface area contributed by atoms with E-state index in [-0.39, 0.29) is 5.91 Å². The largest absolute Gasteiger partial charge is 0.372 e. The monoisotopic (exact) mass is 401 g/mol. The van der Waals surface area contributed by atoms with Gasteiger partial charge in [-0.15, -0.1) is 0 Å². The van der Waals surface area contributed by atoms with E-state index >= 15 is 0 Å². The maximum Gasteiger partial charge on any atom is 0.247 e. The molecule has 1 unspecified atom stereocenters. The van der Waals surface area contributed by atoms with Crippen molar-refractivity contribution in [1.82, 2.24) is 0 Å². The normalized spacial score (nSPS) is 15.7. The van der Waals surface area contributed by atoms with Crippen molar-refractivity contribution in [3.8, 4) is 0 Å². The van der Waals surface area contributed by atoms with Crippen LogP contribution in [-0.4, -0.2) is 39.7 Å². The lowest BCUT2D eigenvalue weighted by Gasteiger charge is -2.29. The number of sulfonamides is 1. The Labute approximate surface area is 167 Å². The highest BCUT2D eigenvalue weighted by Crippen LogP contribution is 2.23. The molecule has 1 aliphatic heterocycles. The third-order valence-corrected chi connectivity index (χ3v) is 6.20. The number of piperidine rings is 1. The van der Waals surface area contributed by atoms with Crippen molar-refractivity contribution in [3.05, 3.63) is 54.6 Å². The van der Waals surface area contributed by atoms with Crippen LogP contribution in [0.4, 0.5) is 17.1 Å². The zero-order valence-electron chi connectivity index (χ0n) is 16.3. The number of carbonyl (C=O) groups excluding carboxylic acids is 1. The minimum absolute atomic E-state index is 0.375. The van der Waals surface area contributed by atoms with Crippen LogP contribution in [0.2, 0.25) is 0 Å². The Hall–Kier alpha value is -2.54.